The summed E-state index contributed by atoms with van der Waals surface area (Å²) in [7, 11) is -4.11. The van der Waals surface area contributed by atoms with Crippen LogP contribution in [0.15, 0.2) is 83.8 Å². The molecule has 3 aromatic carbocycles. The number of nitrogens with zero attached hydrogens (tertiary/aromatic N) is 2. The van der Waals surface area contributed by atoms with Crippen molar-refractivity contribution in [2.45, 2.75) is 4.90 Å². The van der Waals surface area contributed by atoms with Crippen molar-refractivity contribution < 1.29 is 13.3 Å². The topological polar surface area (TPSA) is 80.5 Å². The Hall–Kier alpha value is -2.90. The molecule has 0 N–H and O–H groups in total. The van der Waals surface area contributed by atoms with Gasteiger partial charge in [0.05, 0.1) is 21.2 Å². The van der Waals surface area contributed by atoms with Gasteiger partial charge in [0.15, 0.2) is 0 Å². The molecule has 0 amide bonds. The normalized spacial score (nSPS) is 11.1. The molecule has 6 nitrogen and oxygen atoms in total. The van der Waals surface area contributed by atoms with Gasteiger partial charge in [-0.05, 0) is 36.4 Å². The van der Waals surface area contributed by atoms with Gasteiger partial charge in [0, 0.05) is 6.07 Å². The van der Waals surface area contributed by atoms with Crippen LogP contribution >= 0.6 is 11.6 Å². The highest BCUT2D eigenvalue weighted by atomic mass is 35.5. The summed E-state index contributed by atoms with van der Waals surface area (Å²) in [5, 5.41) is 11.0. The third-order valence-electron chi connectivity index (χ3n) is 3.63. The molecule has 0 aliphatic carbocycles. The molecule has 0 atom stereocenters. The molecule has 0 aliphatic heterocycles. The Kier molecular flexibility index (Phi) is 4.92. The number of nitro groups is 1. The van der Waals surface area contributed by atoms with Crippen molar-refractivity contribution in [3.05, 3.63) is 94.0 Å². The Bertz CT molecular complexity index is 1000. The van der Waals surface area contributed by atoms with Crippen LogP contribution in [0.3, 0.4) is 0 Å². The summed E-state index contributed by atoms with van der Waals surface area (Å²) in [4.78, 5) is 10.2. The van der Waals surface area contributed by atoms with Gasteiger partial charge in [-0.15, -0.1) is 0 Å². The second kappa shape index (κ2) is 7.15. The highest BCUT2D eigenvalue weighted by Gasteiger charge is 2.29. The Morgan fingerprint density at radius 1 is 0.846 bits per heavy atom. The average molecular weight is 389 g/mol. The van der Waals surface area contributed by atoms with Gasteiger partial charge in [-0.1, -0.05) is 48.0 Å². The molecule has 132 valence electrons. The van der Waals surface area contributed by atoms with E-state index in [0.717, 1.165) is 10.4 Å². The third-order valence-corrected chi connectivity index (χ3v) is 5.71. The first-order valence-corrected chi connectivity index (χ1v) is 9.32. The molecule has 3 rings (SSSR count). The van der Waals surface area contributed by atoms with Gasteiger partial charge in [-0.25, -0.2) is 12.7 Å². The van der Waals surface area contributed by atoms with E-state index in [1.807, 2.05) is 0 Å². The van der Waals surface area contributed by atoms with Crippen molar-refractivity contribution in [2.24, 2.45) is 0 Å². The SMILES string of the molecule is O=[N+]([O-])c1cc(S(=O)(=O)N(c2ccccc2)c2ccccc2)ccc1Cl. The minimum absolute atomic E-state index is 0.125. The zero-order valence-corrected chi connectivity index (χ0v) is 14.9. The smallest absolute Gasteiger partial charge is 0.258 e. The van der Waals surface area contributed by atoms with Crippen LogP contribution in [0, 0.1) is 10.1 Å². The molecular formula is C18H13ClN2O4S. The van der Waals surface area contributed by atoms with Crippen LogP contribution in [-0.4, -0.2) is 13.3 Å². The minimum atomic E-state index is -4.11. The van der Waals surface area contributed by atoms with Crippen LogP contribution in [0.1, 0.15) is 0 Å². The van der Waals surface area contributed by atoms with Crippen LogP contribution < -0.4 is 4.31 Å². The fourth-order valence-electron chi connectivity index (χ4n) is 2.45. The number of nitro benzene ring substituents is 1. The second-order valence-corrected chi connectivity index (χ2v) is 7.50. The van der Waals surface area contributed by atoms with Crippen molar-refractivity contribution in [1.29, 1.82) is 0 Å². The van der Waals surface area contributed by atoms with Gasteiger partial charge in [-0.2, -0.15) is 0 Å². The molecule has 8 heteroatoms. The van der Waals surface area contributed by atoms with Gasteiger partial charge in [0.2, 0.25) is 0 Å². The summed E-state index contributed by atoms with van der Waals surface area (Å²) in [5.41, 5.74) is 0.362. The lowest BCUT2D eigenvalue weighted by Gasteiger charge is -2.24. The Balaban J connectivity index is 2.21. The molecule has 0 radical (unpaired) electrons. The molecule has 0 aromatic heterocycles. The van der Waals surface area contributed by atoms with E-state index in [1.54, 1.807) is 60.7 Å². The van der Waals surface area contributed by atoms with Crippen LogP contribution in [-0.2, 0) is 10.0 Å². The quantitative estimate of drug-likeness (QED) is 0.465. The zero-order chi connectivity index (χ0) is 18.7. The Labute approximate surface area is 155 Å². The molecule has 0 unspecified atom stereocenters. The summed E-state index contributed by atoms with van der Waals surface area (Å²) in [5.74, 6) is 0. The summed E-state index contributed by atoms with van der Waals surface area (Å²) >= 11 is 5.80. The standard InChI is InChI=1S/C18H13ClN2O4S/c19-17-12-11-16(13-18(17)21(22)23)26(24,25)20(14-7-3-1-4-8-14)15-9-5-2-6-10-15/h1-13H. The predicted molar refractivity (Wildman–Crippen MR) is 100 cm³/mol. The molecule has 3 aromatic rings. The van der Waals surface area contributed by atoms with E-state index >= 15 is 0 Å². The van der Waals surface area contributed by atoms with Gasteiger partial charge in [0.25, 0.3) is 15.7 Å². The number of hydrogen-bond donors (Lipinski definition) is 0. The fourth-order valence-corrected chi connectivity index (χ4v) is 4.15. The van der Waals surface area contributed by atoms with E-state index in [4.69, 9.17) is 11.6 Å². The van der Waals surface area contributed by atoms with Gasteiger partial charge < -0.3 is 0 Å². The number of rotatable bonds is 5. The van der Waals surface area contributed by atoms with Crippen molar-refractivity contribution in [1.82, 2.24) is 0 Å². The van der Waals surface area contributed by atoms with E-state index in [9.17, 15) is 18.5 Å². The first-order chi connectivity index (χ1) is 12.4. The number of hydrogen-bond acceptors (Lipinski definition) is 4. The third kappa shape index (κ3) is 3.40. The molecular weight excluding hydrogens is 376 g/mol. The first-order valence-electron chi connectivity index (χ1n) is 7.50. The summed E-state index contributed by atoms with van der Waals surface area (Å²) in [6, 6.07) is 20.4. The van der Waals surface area contributed by atoms with E-state index in [0.29, 0.717) is 11.4 Å². The molecule has 0 fully saturated rings. The maximum atomic E-state index is 13.3. The molecule has 0 saturated heterocycles. The average Bonchev–Trinajstić information content (AvgIpc) is 2.63. The zero-order valence-electron chi connectivity index (χ0n) is 13.3. The Morgan fingerprint density at radius 3 is 1.81 bits per heavy atom. The van der Waals surface area contributed by atoms with Crippen LogP contribution in [0.4, 0.5) is 17.1 Å². The van der Waals surface area contributed by atoms with Crippen molar-refractivity contribution >= 4 is 38.7 Å². The molecule has 0 spiro atoms. The van der Waals surface area contributed by atoms with Crippen molar-refractivity contribution in [3.8, 4) is 0 Å². The van der Waals surface area contributed by atoms with Crippen LogP contribution in [0.2, 0.25) is 5.02 Å². The summed E-state index contributed by atoms with van der Waals surface area (Å²) in [6.45, 7) is 0. The predicted octanol–water partition coefficient (Wildman–Crippen LogP) is 4.78. The molecule has 0 bridgehead atoms. The fraction of sp³-hybridized carbons (Fsp3) is 0. The number of anilines is 2. The molecule has 0 heterocycles. The molecule has 0 aliphatic rings. The number of benzene rings is 3. The van der Waals surface area contributed by atoms with Gasteiger partial charge in [-0.3, -0.25) is 10.1 Å². The second-order valence-electron chi connectivity index (χ2n) is 5.31. The van der Waals surface area contributed by atoms with Gasteiger partial charge >= 0.3 is 0 Å². The van der Waals surface area contributed by atoms with Gasteiger partial charge in [0.1, 0.15) is 5.02 Å². The molecule has 26 heavy (non-hydrogen) atoms. The van der Waals surface area contributed by atoms with Crippen LogP contribution in [0.25, 0.3) is 0 Å². The number of para-hydroxylation sites is 2. The highest BCUT2D eigenvalue weighted by molar-refractivity contribution is 7.93. The minimum Gasteiger partial charge on any atom is -0.258 e. The van der Waals surface area contributed by atoms with Crippen molar-refractivity contribution in [2.75, 3.05) is 4.31 Å². The van der Waals surface area contributed by atoms with E-state index in [2.05, 4.69) is 0 Å². The van der Waals surface area contributed by atoms with E-state index in [-0.39, 0.29) is 9.92 Å². The monoisotopic (exact) mass is 388 g/mol. The van der Waals surface area contributed by atoms with E-state index in [1.165, 1.54) is 12.1 Å². The lowest BCUT2D eigenvalue weighted by Crippen LogP contribution is -2.26. The van der Waals surface area contributed by atoms with Crippen LogP contribution in [0.5, 0.6) is 0 Å². The Morgan fingerprint density at radius 2 is 1.35 bits per heavy atom. The lowest BCUT2D eigenvalue weighted by atomic mass is 10.3. The van der Waals surface area contributed by atoms with E-state index < -0.39 is 20.6 Å². The number of sulfonamides is 1. The maximum Gasteiger partial charge on any atom is 0.289 e. The highest BCUT2D eigenvalue weighted by Crippen LogP contribution is 2.34. The van der Waals surface area contributed by atoms with Crippen molar-refractivity contribution in [3.63, 3.8) is 0 Å². The lowest BCUT2D eigenvalue weighted by molar-refractivity contribution is -0.384. The number of halogens is 1. The summed E-state index contributed by atoms with van der Waals surface area (Å²) in [6.07, 6.45) is 0. The first kappa shape index (κ1) is 17.9. The largest absolute Gasteiger partial charge is 0.289 e. The summed E-state index contributed by atoms with van der Waals surface area (Å²) < 4.78 is 27.7. The molecule has 0 saturated carbocycles. The maximum absolute atomic E-state index is 13.3.